The first kappa shape index (κ1) is 18.2. The van der Waals surface area contributed by atoms with E-state index in [1.807, 2.05) is 14.1 Å². The summed E-state index contributed by atoms with van der Waals surface area (Å²) in [5, 5.41) is 0.867. The fourth-order valence-corrected chi connectivity index (χ4v) is 3.29. The fraction of sp³-hybridized carbons (Fsp3) is 0.235. The number of halogens is 1. The van der Waals surface area contributed by atoms with Gasteiger partial charge in [-0.2, -0.15) is 0 Å². The van der Waals surface area contributed by atoms with Gasteiger partial charge in [-0.3, -0.25) is 4.79 Å². The van der Waals surface area contributed by atoms with Gasteiger partial charge in [0.2, 0.25) is 0 Å². The molecule has 0 unspecified atom stereocenters. The number of hydrogen-bond donors (Lipinski definition) is 0. The van der Waals surface area contributed by atoms with E-state index in [1.165, 1.54) is 0 Å². The molecule has 0 amide bonds. The predicted molar refractivity (Wildman–Crippen MR) is 97.9 cm³/mol. The van der Waals surface area contributed by atoms with Crippen LogP contribution in [0.25, 0.3) is 11.1 Å². The Hall–Kier alpha value is -2.18. The van der Waals surface area contributed by atoms with Gasteiger partial charge >= 0.3 is 5.97 Å². The van der Waals surface area contributed by atoms with Gasteiger partial charge in [-0.1, -0.05) is 29.8 Å². The van der Waals surface area contributed by atoms with Crippen molar-refractivity contribution in [1.82, 2.24) is 4.90 Å². The van der Waals surface area contributed by atoms with Crippen molar-refractivity contribution in [1.29, 1.82) is 0 Å². The van der Waals surface area contributed by atoms with Crippen molar-refractivity contribution in [3.05, 3.63) is 39.7 Å². The van der Waals surface area contributed by atoms with Gasteiger partial charge in [0.25, 0.3) is 0 Å². The third-order valence-electron chi connectivity index (χ3n) is 3.05. The van der Waals surface area contributed by atoms with Crippen LogP contribution in [0, 0.1) is 0 Å². The molecule has 0 aliphatic carbocycles. The number of nitrogens with zero attached hydrogens (tertiary/aromatic N) is 2. The Morgan fingerprint density at radius 2 is 2.08 bits per heavy atom. The molecule has 24 heavy (non-hydrogen) atoms. The Labute approximate surface area is 149 Å². The Bertz CT molecular complexity index is 784. The summed E-state index contributed by atoms with van der Waals surface area (Å²) in [5.41, 5.74) is 1.33. The molecule has 1 heterocycles. The van der Waals surface area contributed by atoms with Crippen molar-refractivity contribution >= 4 is 46.5 Å². The van der Waals surface area contributed by atoms with E-state index >= 15 is 0 Å². The maximum absolute atomic E-state index is 12.5. The van der Waals surface area contributed by atoms with Crippen LogP contribution in [-0.4, -0.2) is 44.2 Å². The molecule has 0 bridgehead atoms. The van der Waals surface area contributed by atoms with Crippen molar-refractivity contribution in [3.63, 3.8) is 0 Å². The zero-order chi connectivity index (χ0) is 17.7. The lowest BCUT2D eigenvalue weighted by atomic mass is 10.0. The average Bonchev–Trinajstić information content (AvgIpc) is 2.92. The molecule has 2 rings (SSSR count). The van der Waals surface area contributed by atoms with Crippen molar-refractivity contribution in [2.24, 2.45) is 4.99 Å². The molecule has 0 saturated carbocycles. The maximum atomic E-state index is 12.5. The van der Waals surface area contributed by atoms with Gasteiger partial charge in [0.05, 0.1) is 17.8 Å². The quantitative estimate of drug-likeness (QED) is 0.332. The van der Waals surface area contributed by atoms with Gasteiger partial charge < -0.3 is 9.64 Å². The standard InChI is InChI=1S/C17H17ClN2O3S/c1-4-23-17(22)15-14(11-7-5-6-8-12(11)18)13(9-21)24-16(15)19-10-20(2)3/h5-10H,4H2,1-3H3. The minimum absolute atomic E-state index is 0.226. The summed E-state index contributed by atoms with van der Waals surface area (Å²) in [6.07, 6.45) is 2.28. The average molecular weight is 365 g/mol. The maximum Gasteiger partial charge on any atom is 0.341 e. The molecule has 0 saturated heterocycles. The van der Waals surface area contributed by atoms with Crippen LogP contribution in [0.2, 0.25) is 5.02 Å². The number of esters is 1. The Morgan fingerprint density at radius 1 is 1.38 bits per heavy atom. The van der Waals surface area contributed by atoms with E-state index in [1.54, 1.807) is 42.4 Å². The largest absolute Gasteiger partial charge is 0.462 e. The summed E-state index contributed by atoms with van der Waals surface area (Å²) in [5.74, 6) is -0.525. The molecule has 1 aromatic carbocycles. The summed E-state index contributed by atoms with van der Waals surface area (Å²) >= 11 is 7.40. The van der Waals surface area contributed by atoms with E-state index in [0.29, 0.717) is 32.3 Å². The lowest BCUT2D eigenvalue weighted by molar-refractivity contribution is 0.0529. The molecule has 5 nitrogen and oxygen atoms in total. The van der Waals surface area contributed by atoms with Crippen molar-refractivity contribution in [3.8, 4) is 11.1 Å². The van der Waals surface area contributed by atoms with Gasteiger partial charge in [0, 0.05) is 30.2 Å². The van der Waals surface area contributed by atoms with E-state index in [-0.39, 0.29) is 12.2 Å². The lowest BCUT2D eigenvalue weighted by Crippen LogP contribution is -2.08. The fourth-order valence-electron chi connectivity index (χ4n) is 2.10. The summed E-state index contributed by atoms with van der Waals surface area (Å²) < 4.78 is 5.16. The molecule has 0 aliphatic heterocycles. The number of carbonyl (C=O) groups excluding carboxylic acids is 2. The van der Waals surface area contributed by atoms with E-state index in [4.69, 9.17) is 16.3 Å². The van der Waals surface area contributed by atoms with Crippen LogP contribution in [0.4, 0.5) is 5.00 Å². The first-order valence-corrected chi connectivity index (χ1v) is 8.43. The number of aldehydes is 1. The second kappa shape index (κ2) is 8.08. The van der Waals surface area contributed by atoms with Crippen LogP contribution in [-0.2, 0) is 4.74 Å². The van der Waals surface area contributed by atoms with Crippen LogP contribution in [0.1, 0.15) is 27.0 Å². The van der Waals surface area contributed by atoms with E-state index in [2.05, 4.69) is 4.99 Å². The molecular formula is C17H17ClN2O3S. The topological polar surface area (TPSA) is 59.0 Å². The molecule has 0 radical (unpaired) electrons. The summed E-state index contributed by atoms with van der Waals surface area (Å²) in [6.45, 7) is 1.95. The third kappa shape index (κ3) is 3.83. The number of carbonyl (C=O) groups is 2. The monoisotopic (exact) mass is 364 g/mol. The van der Waals surface area contributed by atoms with Gasteiger partial charge in [0.15, 0.2) is 6.29 Å². The number of aliphatic imine (C=N–C) groups is 1. The van der Waals surface area contributed by atoms with Gasteiger partial charge in [-0.05, 0) is 13.0 Å². The zero-order valence-electron chi connectivity index (χ0n) is 13.6. The SMILES string of the molecule is CCOC(=O)c1c(N=CN(C)C)sc(C=O)c1-c1ccccc1Cl. The van der Waals surface area contributed by atoms with Gasteiger partial charge in [-0.15, -0.1) is 11.3 Å². The zero-order valence-corrected chi connectivity index (χ0v) is 15.1. The second-order valence-electron chi connectivity index (χ2n) is 5.05. The predicted octanol–water partition coefficient (Wildman–Crippen LogP) is 4.28. The second-order valence-corrected chi connectivity index (χ2v) is 6.49. The molecule has 0 spiro atoms. The van der Waals surface area contributed by atoms with Crippen LogP contribution >= 0.6 is 22.9 Å². The molecular weight excluding hydrogens is 348 g/mol. The van der Waals surface area contributed by atoms with Crippen LogP contribution in [0.15, 0.2) is 29.3 Å². The van der Waals surface area contributed by atoms with Crippen molar-refractivity contribution in [2.75, 3.05) is 20.7 Å². The normalized spacial score (nSPS) is 10.8. The molecule has 126 valence electrons. The summed E-state index contributed by atoms with van der Waals surface area (Å²) in [4.78, 5) is 30.5. The van der Waals surface area contributed by atoms with Crippen LogP contribution in [0.5, 0.6) is 0 Å². The molecule has 0 N–H and O–H groups in total. The Balaban J connectivity index is 2.74. The molecule has 0 aliphatic rings. The van der Waals surface area contributed by atoms with E-state index < -0.39 is 5.97 Å². The van der Waals surface area contributed by atoms with Crippen molar-refractivity contribution < 1.29 is 14.3 Å². The highest BCUT2D eigenvalue weighted by molar-refractivity contribution is 7.18. The minimum atomic E-state index is -0.525. The van der Waals surface area contributed by atoms with E-state index in [0.717, 1.165) is 11.3 Å². The number of rotatable bonds is 6. The molecule has 7 heteroatoms. The molecule has 0 fully saturated rings. The van der Waals surface area contributed by atoms with Crippen LogP contribution in [0.3, 0.4) is 0 Å². The number of ether oxygens (including phenoxy) is 1. The highest BCUT2D eigenvalue weighted by Gasteiger charge is 2.26. The molecule has 2 aromatic rings. The van der Waals surface area contributed by atoms with Gasteiger partial charge in [-0.25, -0.2) is 9.79 Å². The number of thiophene rings is 1. The Kier molecular flexibility index (Phi) is 6.11. The molecule has 0 atom stereocenters. The highest BCUT2D eigenvalue weighted by atomic mass is 35.5. The Morgan fingerprint density at radius 3 is 2.67 bits per heavy atom. The molecule has 1 aromatic heterocycles. The summed E-state index contributed by atoms with van der Waals surface area (Å²) in [6, 6.07) is 7.06. The lowest BCUT2D eigenvalue weighted by Gasteiger charge is -2.08. The minimum Gasteiger partial charge on any atom is -0.462 e. The summed E-state index contributed by atoms with van der Waals surface area (Å²) in [7, 11) is 3.63. The van der Waals surface area contributed by atoms with Gasteiger partial charge in [0.1, 0.15) is 10.6 Å². The highest BCUT2D eigenvalue weighted by Crippen LogP contribution is 2.43. The first-order valence-electron chi connectivity index (χ1n) is 7.24. The van der Waals surface area contributed by atoms with E-state index in [9.17, 15) is 9.59 Å². The number of hydrogen-bond acceptors (Lipinski definition) is 5. The van der Waals surface area contributed by atoms with Crippen LogP contribution < -0.4 is 0 Å². The third-order valence-corrected chi connectivity index (χ3v) is 4.41. The number of benzene rings is 1. The first-order chi connectivity index (χ1) is 11.5. The smallest absolute Gasteiger partial charge is 0.341 e. The van der Waals surface area contributed by atoms with Crippen molar-refractivity contribution in [2.45, 2.75) is 6.92 Å².